The summed E-state index contributed by atoms with van der Waals surface area (Å²) >= 11 is 0.779. The highest BCUT2D eigenvalue weighted by Gasteiger charge is 2.38. The van der Waals surface area contributed by atoms with Gasteiger partial charge in [0.1, 0.15) is 0 Å². The highest BCUT2D eigenvalue weighted by molar-refractivity contribution is 7.98. The summed E-state index contributed by atoms with van der Waals surface area (Å²) in [6, 6.07) is 0. The summed E-state index contributed by atoms with van der Waals surface area (Å²) in [7, 11) is 0. The van der Waals surface area contributed by atoms with Gasteiger partial charge in [-0.15, -0.1) is 0 Å². The van der Waals surface area contributed by atoms with Gasteiger partial charge >= 0.3 is 0 Å². The molecule has 70 valence electrons. The van der Waals surface area contributed by atoms with Gasteiger partial charge in [-0.2, -0.15) is 0 Å². The minimum absolute atomic E-state index is 0.158. The van der Waals surface area contributed by atoms with Gasteiger partial charge in [0, 0.05) is 0 Å². The molecule has 0 aromatic carbocycles. The summed E-state index contributed by atoms with van der Waals surface area (Å²) < 4.78 is 2.17. The first-order chi connectivity index (χ1) is 6.04. The highest BCUT2D eigenvalue weighted by Crippen LogP contribution is 2.09. The van der Waals surface area contributed by atoms with Gasteiger partial charge in [0.2, 0.25) is 17.5 Å². The summed E-state index contributed by atoms with van der Waals surface area (Å²) in [4.78, 5) is 43.6. The van der Waals surface area contributed by atoms with E-state index < -0.39 is 29.3 Å². The number of nitrogens with one attached hydrogen (secondary N) is 1. The molecule has 1 heterocycles. The van der Waals surface area contributed by atoms with Crippen molar-refractivity contribution >= 4 is 35.3 Å². The topological polar surface area (TPSA) is 106 Å². The van der Waals surface area contributed by atoms with E-state index in [0.717, 1.165) is 11.9 Å². The van der Waals surface area contributed by atoms with Crippen molar-refractivity contribution in [2.24, 2.45) is 11.7 Å². The Morgan fingerprint density at radius 1 is 1.46 bits per heavy atom. The molecule has 1 atom stereocenters. The second-order valence-electron chi connectivity index (χ2n) is 2.38. The molecule has 0 radical (unpaired) electrons. The van der Waals surface area contributed by atoms with Crippen LogP contribution in [0.15, 0.2) is 0 Å². The summed E-state index contributed by atoms with van der Waals surface area (Å²) in [5.41, 5.74) is 4.80. The van der Waals surface area contributed by atoms with Crippen LogP contribution in [0.5, 0.6) is 0 Å². The monoisotopic (exact) mass is 202 g/mol. The lowest BCUT2D eigenvalue weighted by Gasteiger charge is -2.04. The van der Waals surface area contributed by atoms with Crippen LogP contribution in [0.4, 0.5) is 0 Å². The average Bonchev–Trinajstić information content (AvgIpc) is 2.13. The quantitative estimate of drug-likeness (QED) is 0.290. The van der Waals surface area contributed by atoms with Crippen LogP contribution < -0.4 is 10.5 Å². The summed E-state index contributed by atoms with van der Waals surface area (Å²) in [5.74, 6) is -5.55. The molecule has 13 heavy (non-hydrogen) atoms. The van der Waals surface area contributed by atoms with Crippen LogP contribution in [0.2, 0.25) is 0 Å². The number of hydrogen-bond donors (Lipinski definition) is 2. The fourth-order valence-electron chi connectivity index (χ4n) is 0.841. The Hall–Kier alpha value is -1.37. The molecule has 0 bridgehead atoms. The molecule has 1 aliphatic heterocycles. The molecule has 1 unspecified atom stereocenters. The fourth-order valence-corrected chi connectivity index (χ4v) is 1.45. The second-order valence-corrected chi connectivity index (χ2v) is 3.16. The maximum Gasteiger partial charge on any atom is 0.250 e. The summed E-state index contributed by atoms with van der Waals surface area (Å²) in [6.45, 7) is 0. The lowest BCUT2D eigenvalue weighted by molar-refractivity contribution is -0.145. The van der Waals surface area contributed by atoms with E-state index in [-0.39, 0.29) is 5.75 Å². The van der Waals surface area contributed by atoms with Crippen molar-refractivity contribution in [1.29, 1.82) is 0 Å². The van der Waals surface area contributed by atoms with E-state index >= 15 is 0 Å². The van der Waals surface area contributed by atoms with Gasteiger partial charge in [-0.3, -0.25) is 23.9 Å². The molecular formula is C6H6N2O4S. The maximum atomic E-state index is 11.1. The number of primary amides is 1. The molecule has 3 N–H and O–H groups in total. The lowest BCUT2D eigenvalue weighted by Crippen LogP contribution is -2.42. The second kappa shape index (κ2) is 3.56. The Morgan fingerprint density at radius 2 is 2.08 bits per heavy atom. The number of rotatable bonds is 1. The van der Waals surface area contributed by atoms with Crippen molar-refractivity contribution in [2.75, 3.05) is 5.75 Å². The van der Waals surface area contributed by atoms with Crippen LogP contribution in [-0.2, 0) is 19.2 Å². The Bertz CT molecular complexity index is 301. The minimum atomic E-state index is -1.66. The van der Waals surface area contributed by atoms with Crippen molar-refractivity contribution in [1.82, 2.24) is 4.72 Å². The molecule has 0 spiro atoms. The molecule has 1 saturated heterocycles. The number of hydrogen-bond acceptors (Lipinski definition) is 5. The number of ketones is 2. The van der Waals surface area contributed by atoms with Crippen molar-refractivity contribution in [3.8, 4) is 0 Å². The van der Waals surface area contributed by atoms with Crippen LogP contribution in [0, 0.1) is 5.92 Å². The highest BCUT2D eigenvalue weighted by atomic mass is 32.2. The van der Waals surface area contributed by atoms with E-state index in [1.165, 1.54) is 0 Å². The van der Waals surface area contributed by atoms with Crippen LogP contribution in [0.25, 0.3) is 0 Å². The molecule has 0 saturated carbocycles. The molecule has 7 heteroatoms. The van der Waals surface area contributed by atoms with Gasteiger partial charge < -0.3 is 5.73 Å². The largest absolute Gasteiger partial charge is 0.369 e. The van der Waals surface area contributed by atoms with E-state index in [1.54, 1.807) is 0 Å². The molecule has 0 aromatic rings. The molecule has 1 rings (SSSR count). The molecular weight excluding hydrogens is 196 g/mol. The normalized spacial score (nSPS) is 23.7. The Labute approximate surface area is 77.4 Å². The van der Waals surface area contributed by atoms with Crippen LogP contribution >= 0.6 is 11.9 Å². The maximum absolute atomic E-state index is 11.1. The molecule has 1 aliphatic rings. The summed E-state index contributed by atoms with van der Waals surface area (Å²) in [6.07, 6.45) is 0. The van der Waals surface area contributed by atoms with Gasteiger partial charge in [-0.25, -0.2) is 0 Å². The zero-order chi connectivity index (χ0) is 10.0. The predicted molar refractivity (Wildman–Crippen MR) is 43.3 cm³/mol. The first-order valence-electron chi connectivity index (χ1n) is 3.32. The van der Waals surface area contributed by atoms with Crippen molar-refractivity contribution in [3.05, 3.63) is 0 Å². The number of amides is 2. The van der Waals surface area contributed by atoms with Gasteiger partial charge in [0.25, 0.3) is 5.91 Å². The van der Waals surface area contributed by atoms with Gasteiger partial charge in [-0.1, -0.05) is 0 Å². The first kappa shape index (κ1) is 9.72. The Balaban J connectivity index is 2.98. The molecule has 0 aliphatic carbocycles. The lowest BCUT2D eigenvalue weighted by atomic mass is 10.0. The Kier molecular flexibility index (Phi) is 2.66. The Morgan fingerprint density at radius 3 is 2.62 bits per heavy atom. The van der Waals surface area contributed by atoms with Crippen LogP contribution in [-0.4, -0.2) is 29.1 Å². The third-order valence-electron chi connectivity index (χ3n) is 1.46. The van der Waals surface area contributed by atoms with E-state index in [4.69, 9.17) is 5.73 Å². The first-order valence-corrected chi connectivity index (χ1v) is 4.30. The number of nitrogens with two attached hydrogens (primary N) is 1. The van der Waals surface area contributed by atoms with Gasteiger partial charge in [-0.05, 0) is 11.9 Å². The van der Waals surface area contributed by atoms with Crippen molar-refractivity contribution in [2.45, 2.75) is 0 Å². The number of Topliss-reactive ketones (excluding diaryl/α,β-unsaturated/α-hetero) is 2. The third-order valence-corrected chi connectivity index (χ3v) is 2.21. The smallest absolute Gasteiger partial charge is 0.250 e. The third kappa shape index (κ3) is 1.86. The average molecular weight is 202 g/mol. The predicted octanol–water partition coefficient (Wildman–Crippen LogP) is -2.00. The molecule has 2 amide bonds. The fraction of sp³-hybridized carbons (Fsp3) is 0.333. The molecule has 6 nitrogen and oxygen atoms in total. The van der Waals surface area contributed by atoms with Crippen LogP contribution in [0.3, 0.4) is 0 Å². The number of carbonyl (C=O) groups excluding carboxylic acids is 4. The van der Waals surface area contributed by atoms with Gasteiger partial charge in [0.15, 0.2) is 5.92 Å². The minimum Gasteiger partial charge on any atom is -0.369 e. The van der Waals surface area contributed by atoms with Crippen LogP contribution in [0.1, 0.15) is 0 Å². The standard InChI is InChI=1S/C6H6N2O4S/c7-5(11)3-4(10)2(9)1-13-8-6(3)12/h3H,1H2,(H2,7,11)(H,8,12). The van der Waals surface area contributed by atoms with E-state index in [0.29, 0.717) is 0 Å². The zero-order valence-electron chi connectivity index (χ0n) is 6.40. The SMILES string of the molecule is NC(=O)C1C(=O)NSCC(=O)C1=O. The van der Waals surface area contributed by atoms with E-state index in [2.05, 4.69) is 4.72 Å². The molecule has 0 aromatic heterocycles. The van der Waals surface area contributed by atoms with Crippen molar-refractivity contribution in [3.63, 3.8) is 0 Å². The van der Waals surface area contributed by atoms with E-state index in [9.17, 15) is 19.2 Å². The summed E-state index contributed by atoms with van der Waals surface area (Å²) in [5, 5.41) is 0. The zero-order valence-corrected chi connectivity index (χ0v) is 7.22. The van der Waals surface area contributed by atoms with E-state index in [1.807, 2.05) is 0 Å². The van der Waals surface area contributed by atoms with Crippen molar-refractivity contribution < 1.29 is 19.2 Å². The number of carbonyl (C=O) groups is 4. The van der Waals surface area contributed by atoms with Gasteiger partial charge in [0.05, 0.1) is 5.75 Å². The molecule has 1 fully saturated rings.